The SMILES string of the molecule is CC1CN(c2ccc(C(N)=S)cc2F)CC1N(C)C. The first-order chi connectivity index (χ1) is 8.90. The standard InChI is InChI=1S/C14H20FN3S/c1-9-7-18(8-13(9)17(2)3)12-5-4-10(14(16)19)6-11(12)15/h4-6,9,13H,7-8H2,1-3H3,(H2,16,19). The van der Waals surface area contributed by atoms with E-state index in [0.717, 1.165) is 13.1 Å². The van der Waals surface area contributed by atoms with E-state index in [1.165, 1.54) is 6.07 Å². The molecule has 1 heterocycles. The average molecular weight is 281 g/mol. The molecule has 1 aromatic carbocycles. The van der Waals surface area contributed by atoms with E-state index < -0.39 is 0 Å². The zero-order valence-electron chi connectivity index (χ0n) is 11.6. The normalized spacial score (nSPS) is 23.1. The van der Waals surface area contributed by atoms with Crippen LogP contribution in [-0.2, 0) is 0 Å². The van der Waals surface area contributed by atoms with E-state index in [9.17, 15) is 4.39 Å². The lowest BCUT2D eigenvalue weighted by Gasteiger charge is -2.23. The molecule has 0 saturated carbocycles. The number of hydrogen-bond donors (Lipinski definition) is 1. The Bertz CT molecular complexity index is 490. The Balaban J connectivity index is 2.22. The van der Waals surface area contributed by atoms with Crippen LogP contribution in [0, 0.1) is 11.7 Å². The fraction of sp³-hybridized carbons (Fsp3) is 0.500. The van der Waals surface area contributed by atoms with Gasteiger partial charge >= 0.3 is 0 Å². The second-order valence-electron chi connectivity index (χ2n) is 5.44. The van der Waals surface area contributed by atoms with Gasteiger partial charge in [0.1, 0.15) is 10.8 Å². The molecule has 2 atom stereocenters. The maximum Gasteiger partial charge on any atom is 0.147 e. The van der Waals surface area contributed by atoms with Crippen molar-refractivity contribution in [3.63, 3.8) is 0 Å². The first-order valence-corrected chi connectivity index (χ1v) is 6.81. The highest BCUT2D eigenvalue weighted by Gasteiger charge is 2.32. The molecular weight excluding hydrogens is 261 g/mol. The molecule has 2 rings (SSSR count). The minimum atomic E-state index is -0.253. The van der Waals surface area contributed by atoms with E-state index in [1.807, 2.05) is 0 Å². The van der Waals surface area contributed by atoms with Gasteiger partial charge in [-0.05, 0) is 38.2 Å². The van der Waals surface area contributed by atoms with Crippen molar-refractivity contribution >= 4 is 22.9 Å². The lowest BCUT2D eigenvalue weighted by atomic mass is 10.1. The molecule has 104 valence electrons. The number of benzene rings is 1. The molecular formula is C14H20FN3S. The molecule has 1 aliphatic rings. The summed E-state index contributed by atoms with van der Waals surface area (Å²) in [5, 5.41) is 0. The summed E-state index contributed by atoms with van der Waals surface area (Å²) < 4.78 is 14.1. The third-order valence-electron chi connectivity index (χ3n) is 3.81. The van der Waals surface area contributed by atoms with Crippen LogP contribution in [0.2, 0.25) is 0 Å². The number of thiocarbonyl (C=S) groups is 1. The highest BCUT2D eigenvalue weighted by Crippen LogP contribution is 2.28. The zero-order chi connectivity index (χ0) is 14.2. The van der Waals surface area contributed by atoms with Crippen molar-refractivity contribution in [2.24, 2.45) is 11.7 Å². The predicted octanol–water partition coefficient (Wildman–Crippen LogP) is 1.85. The van der Waals surface area contributed by atoms with Gasteiger partial charge in [-0.2, -0.15) is 0 Å². The molecule has 1 fully saturated rings. The number of likely N-dealkylation sites (N-methyl/N-ethyl adjacent to an activating group) is 1. The molecule has 1 saturated heterocycles. The van der Waals surface area contributed by atoms with Crippen LogP contribution in [0.5, 0.6) is 0 Å². The number of nitrogens with zero attached hydrogens (tertiary/aromatic N) is 2. The van der Waals surface area contributed by atoms with E-state index in [0.29, 0.717) is 23.2 Å². The molecule has 1 aromatic rings. The Morgan fingerprint density at radius 2 is 2.11 bits per heavy atom. The number of rotatable bonds is 3. The van der Waals surface area contributed by atoms with E-state index in [1.54, 1.807) is 12.1 Å². The molecule has 2 unspecified atom stereocenters. The van der Waals surface area contributed by atoms with Gasteiger partial charge in [0.15, 0.2) is 0 Å². The van der Waals surface area contributed by atoms with Crippen LogP contribution in [-0.4, -0.2) is 43.1 Å². The van der Waals surface area contributed by atoms with Gasteiger partial charge in [0.25, 0.3) is 0 Å². The van der Waals surface area contributed by atoms with Crippen molar-refractivity contribution < 1.29 is 4.39 Å². The van der Waals surface area contributed by atoms with Gasteiger partial charge in [0.05, 0.1) is 5.69 Å². The molecule has 0 spiro atoms. The van der Waals surface area contributed by atoms with Gasteiger partial charge in [-0.25, -0.2) is 4.39 Å². The van der Waals surface area contributed by atoms with Crippen LogP contribution >= 0.6 is 12.2 Å². The lowest BCUT2D eigenvalue weighted by molar-refractivity contribution is 0.266. The van der Waals surface area contributed by atoms with Crippen LogP contribution in [0.3, 0.4) is 0 Å². The molecule has 3 nitrogen and oxygen atoms in total. The molecule has 0 aromatic heterocycles. The fourth-order valence-electron chi connectivity index (χ4n) is 2.74. The monoisotopic (exact) mass is 281 g/mol. The third-order valence-corrected chi connectivity index (χ3v) is 4.04. The summed E-state index contributed by atoms with van der Waals surface area (Å²) in [6.45, 7) is 3.91. The van der Waals surface area contributed by atoms with Gasteiger partial charge in [-0.1, -0.05) is 19.1 Å². The molecule has 1 aliphatic heterocycles. The average Bonchev–Trinajstić information content (AvgIpc) is 2.71. The summed E-state index contributed by atoms with van der Waals surface area (Å²) in [5.74, 6) is 0.265. The largest absolute Gasteiger partial charge is 0.389 e. The summed E-state index contributed by atoms with van der Waals surface area (Å²) in [5.41, 5.74) is 6.73. The smallest absolute Gasteiger partial charge is 0.147 e. The van der Waals surface area contributed by atoms with Gasteiger partial charge < -0.3 is 15.5 Å². The molecule has 0 amide bonds. The highest BCUT2D eigenvalue weighted by molar-refractivity contribution is 7.80. The third kappa shape index (κ3) is 2.87. The van der Waals surface area contributed by atoms with Gasteiger partial charge in [-0.15, -0.1) is 0 Å². The Morgan fingerprint density at radius 3 is 2.58 bits per heavy atom. The Morgan fingerprint density at radius 1 is 1.42 bits per heavy atom. The molecule has 0 radical (unpaired) electrons. The zero-order valence-corrected chi connectivity index (χ0v) is 12.4. The first-order valence-electron chi connectivity index (χ1n) is 6.41. The molecule has 0 aliphatic carbocycles. The van der Waals surface area contributed by atoms with Crippen LogP contribution in [0.4, 0.5) is 10.1 Å². The Kier molecular flexibility index (Phi) is 4.06. The highest BCUT2D eigenvalue weighted by atomic mass is 32.1. The summed E-state index contributed by atoms with van der Waals surface area (Å²) >= 11 is 4.86. The van der Waals surface area contributed by atoms with E-state index in [2.05, 4.69) is 30.8 Å². The van der Waals surface area contributed by atoms with Gasteiger partial charge in [-0.3, -0.25) is 0 Å². The first kappa shape index (κ1) is 14.2. The minimum absolute atomic E-state index is 0.228. The molecule has 2 N–H and O–H groups in total. The molecule has 0 bridgehead atoms. The Labute approximate surface area is 119 Å². The number of hydrogen-bond acceptors (Lipinski definition) is 3. The van der Waals surface area contributed by atoms with Crippen molar-refractivity contribution in [3.8, 4) is 0 Å². The number of anilines is 1. The number of nitrogens with two attached hydrogens (primary N) is 1. The summed E-state index contributed by atoms with van der Waals surface area (Å²) in [6, 6.07) is 5.43. The summed E-state index contributed by atoms with van der Waals surface area (Å²) in [7, 11) is 4.13. The molecule has 19 heavy (non-hydrogen) atoms. The fourth-order valence-corrected chi connectivity index (χ4v) is 2.86. The van der Waals surface area contributed by atoms with Crippen LogP contribution in [0.1, 0.15) is 12.5 Å². The predicted molar refractivity (Wildman–Crippen MR) is 81.1 cm³/mol. The van der Waals surface area contributed by atoms with Crippen LogP contribution < -0.4 is 10.6 Å². The van der Waals surface area contributed by atoms with Crippen LogP contribution in [0.25, 0.3) is 0 Å². The second-order valence-corrected chi connectivity index (χ2v) is 5.88. The van der Waals surface area contributed by atoms with Gasteiger partial charge in [0.2, 0.25) is 0 Å². The quantitative estimate of drug-likeness (QED) is 0.857. The summed E-state index contributed by atoms with van der Waals surface area (Å²) in [6.07, 6.45) is 0. The van der Waals surface area contributed by atoms with Crippen molar-refractivity contribution in [1.29, 1.82) is 0 Å². The van der Waals surface area contributed by atoms with E-state index >= 15 is 0 Å². The number of halogens is 1. The van der Waals surface area contributed by atoms with Crippen LogP contribution in [0.15, 0.2) is 18.2 Å². The van der Waals surface area contributed by atoms with Crippen molar-refractivity contribution in [2.75, 3.05) is 32.1 Å². The van der Waals surface area contributed by atoms with Gasteiger partial charge in [0, 0.05) is 24.7 Å². The maximum atomic E-state index is 14.1. The molecule has 5 heteroatoms. The minimum Gasteiger partial charge on any atom is -0.389 e. The van der Waals surface area contributed by atoms with E-state index in [-0.39, 0.29) is 10.8 Å². The Hall–Kier alpha value is -1.20. The topological polar surface area (TPSA) is 32.5 Å². The van der Waals surface area contributed by atoms with Crippen molar-refractivity contribution in [3.05, 3.63) is 29.6 Å². The second kappa shape index (κ2) is 5.43. The summed E-state index contributed by atoms with van der Waals surface area (Å²) in [4.78, 5) is 4.52. The van der Waals surface area contributed by atoms with E-state index in [4.69, 9.17) is 18.0 Å². The lowest BCUT2D eigenvalue weighted by Crippen LogP contribution is -2.34. The van der Waals surface area contributed by atoms with Crippen molar-refractivity contribution in [1.82, 2.24) is 4.90 Å². The van der Waals surface area contributed by atoms with Crippen molar-refractivity contribution in [2.45, 2.75) is 13.0 Å². The maximum absolute atomic E-state index is 14.1.